The number of pyridine rings is 1. The van der Waals surface area contributed by atoms with E-state index in [-0.39, 0.29) is 11.4 Å². The Hall–Kier alpha value is -1.27. The number of benzene rings is 1. The van der Waals surface area contributed by atoms with Gasteiger partial charge >= 0.3 is 0 Å². The van der Waals surface area contributed by atoms with E-state index in [0.717, 1.165) is 4.47 Å². The number of amides is 1. The topological polar surface area (TPSA) is 42.0 Å². The lowest BCUT2D eigenvalue weighted by Crippen LogP contribution is -2.14. The number of halogens is 3. The number of hydrogen-bond donors (Lipinski definition) is 1. The first kappa shape index (κ1) is 13.2. The van der Waals surface area contributed by atoms with Crippen molar-refractivity contribution in [1.29, 1.82) is 0 Å². The van der Waals surface area contributed by atoms with Crippen molar-refractivity contribution in [1.82, 2.24) is 4.98 Å². The lowest BCUT2D eigenvalue weighted by molar-refractivity contribution is 0.102. The zero-order valence-corrected chi connectivity index (χ0v) is 12.1. The molecule has 0 unspecified atom stereocenters. The first-order valence-corrected chi connectivity index (χ1v) is 6.53. The zero-order chi connectivity index (χ0) is 13.1. The van der Waals surface area contributed by atoms with Gasteiger partial charge in [0, 0.05) is 15.1 Å². The summed E-state index contributed by atoms with van der Waals surface area (Å²) in [7, 11) is 0. The number of nitrogens with one attached hydrogen (secondary N) is 1. The predicted molar refractivity (Wildman–Crippen MR) is 74.0 cm³/mol. The average molecular weight is 374 g/mol. The predicted octanol–water partition coefficient (Wildman–Crippen LogP) is 4.00. The molecule has 0 spiro atoms. The lowest BCUT2D eigenvalue weighted by Gasteiger charge is -2.07. The van der Waals surface area contributed by atoms with Gasteiger partial charge in [0.1, 0.15) is 11.5 Å². The number of carbonyl (C=O) groups is 1. The van der Waals surface area contributed by atoms with Crippen molar-refractivity contribution in [3.8, 4) is 0 Å². The molecule has 0 aliphatic carbocycles. The Balaban J connectivity index is 2.24. The van der Waals surface area contributed by atoms with E-state index in [9.17, 15) is 9.18 Å². The van der Waals surface area contributed by atoms with Crippen molar-refractivity contribution < 1.29 is 9.18 Å². The fourth-order valence-electron chi connectivity index (χ4n) is 1.30. The summed E-state index contributed by atoms with van der Waals surface area (Å²) in [6.45, 7) is 0. The Morgan fingerprint density at radius 2 is 2.00 bits per heavy atom. The molecule has 0 fully saturated rings. The van der Waals surface area contributed by atoms with Crippen LogP contribution in [0.1, 0.15) is 10.5 Å². The SMILES string of the molecule is O=C(Nc1c(F)cccc1Br)c1ccc(Br)cn1. The maximum atomic E-state index is 13.5. The molecule has 6 heteroatoms. The van der Waals surface area contributed by atoms with Gasteiger partial charge in [-0.25, -0.2) is 9.37 Å². The zero-order valence-electron chi connectivity index (χ0n) is 8.95. The lowest BCUT2D eigenvalue weighted by atomic mass is 10.3. The van der Waals surface area contributed by atoms with E-state index in [1.54, 1.807) is 24.3 Å². The number of carbonyl (C=O) groups excluding carboxylic acids is 1. The van der Waals surface area contributed by atoms with Gasteiger partial charge in [-0.15, -0.1) is 0 Å². The fourth-order valence-corrected chi connectivity index (χ4v) is 1.98. The van der Waals surface area contributed by atoms with Crippen LogP contribution in [0.15, 0.2) is 45.5 Å². The molecule has 3 nitrogen and oxygen atoms in total. The molecule has 0 aliphatic rings. The first-order valence-electron chi connectivity index (χ1n) is 4.95. The Morgan fingerprint density at radius 1 is 1.22 bits per heavy atom. The summed E-state index contributed by atoms with van der Waals surface area (Å²) in [6, 6.07) is 7.71. The van der Waals surface area contributed by atoms with Gasteiger partial charge in [-0.2, -0.15) is 0 Å². The largest absolute Gasteiger partial charge is 0.317 e. The molecule has 0 bridgehead atoms. The third kappa shape index (κ3) is 2.94. The first-order chi connectivity index (χ1) is 8.58. The van der Waals surface area contributed by atoms with Crippen LogP contribution in [-0.2, 0) is 0 Å². The van der Waals surface area contributed by atoms with Crippen LogP contribution in [-0.4, -0.2) is 10.9 Å². The van der Waals surface area contributed by atoms with Crippen molar-refractivity contribution in [2.24, 2.45) is 0 Å². The molecule has 18 heavy (non-hydrogen) atoms. The van der Waals surface area contributed by atoms with Crippen LogP contribution < -0.4 is 5.32 Å². The standard InChI is InChI=1S/C12H7Br2FN2O/c13-7-4-5-10(16-6-7)12(18)17-11-8(14)2-1-3-9(11)15/h1-6H,(H,17,18). The molecular formula is C12H7Br2FN2O. The van der Waals surface area contributed by atoms with Crippen LogP contribution in [0.3, 0.4) is 0 Å². The van der Waals surface area contributed by atoms with Crippen LogP contribution in [0.5, 0.6) is 0 Å². The molecule has 1 aromatic heterocycles. The summed E-state index contributed by atoms with van der Waals surface area (Å²) in [6.07, 6.45) is 1.51. The van der Waals surface area contributed by atoms with Gasteiger partial charge in [-0.3, -0.25) is 4.79 Å². The monoisotopic (exact) mass is 372 g/mol. The Labute approximate surface area is 120 Å². The van der Waals surface area contributed by atoms with Crippen LogP contribution >= 0.6 is 31.9 Å². The summed E-state index contributed by atoms with van der Waals surface area (Å²) in [4.78, 5) is 15.8. The summed E-state index contributed by atoms with van der Waals surface area (Å²) in [5.74, 6) is -0.969. The molecule has 0 saturated carbocycles. The molecule has 0 atom stereocenters. The second kappa shape index (κ2) is 5.58. The molecule has 0 aliphatic heterocycles. The molecule has 1 heterocycles. The second-order valence-corrected chi connectivity index (χ2v) is 5.18. The van der Waals surface area contributed by atoms with Crippen LogP contribution in [0.4, 0.5) is 10.1 Å². The van der Waals surface area contributed by atoms with E-state index in [1.165, 1.54) is 12.3 Å². The quantitative estimate of drug-likeness (QED) is 0.864. The number of nitrogens with zero attached hydrogens (tertiary/aromatic N) is 1. The number of rotatable bonds is 2. The fraction of sp³-hybridized carbons (Fsp3) is 0. The van der Waals surface area contributed by atoms with Crippen molar-refractivity contribution in [2.45, 2.75) is 0 Å². The maximum Gasteiger partial charge on any atom is 0.274 e. The van der Waals surface area contributed by atoms with Gasteiger partial charge < -0.3 is 5.32 Å². The average Bonchev–Trinajstić information content (AvgIpc) is 2.34. The number of hydrogen-bond acceptors (Lipinski definition) is 2. The normalized spacial score (nSPS) is 10.2. The molecular weight excluding hydrogens is 367 g/mol. The van der Waals surface area contributed by atoms with Crippen molar-refractivity contribution in [3.63, 3.8) is 0 Å². The number of anilines is 1. The molecule has 1 aromatic carbocycles. The van der Waals surface area contributed by atoms with Gasteiger partial charge in [0.15, 0.2) is 0 Å². The van der Waals surface area contributed by atoms with Crippen molar-refractivity contribution >= 4 is 43.5 Å². The highest BCUT2D eigenvalue weighted by Crippen LogP contribution is 2.25. The van der Waals surface area contributed by atoms with E-state index < -0.39 is 11.7 Å². The van der Waals surface area contributed by atoms with Gasteiger partial charge in [-0.1, -0.05) is 6.07 Å². The Morgan fingerprint density at radius 3 is 2.61 bits per heavy atom. The molecule has 2 aromatic rings. The van der Waals surface area contributed by atoms with Gasteiger partial charge in [0.2, 0.25) is 0 Å². The molecule has 92 valence electrons. The third-order valence-corrected chi connectivity index (χ3v) is 3.29. The van der Waals surface area contributed by atoms with Gasteiger partial charge in [0.05, 0.1) is 5.69 Å². The van der Waals surface area contributed by atoms with E-state index in [0.29, 0.717) is 4.47 Å². The minimum absolute atomic E-state index is 0.104. The highest BCUT2D eigenvalue weighted by molar-refractivity contribution is 9.10. The molecule has 1 N–H and O–H groups in total. The minimum Gasteiger partial charge on any atom is -0.317 e. The molecule has 1 amide bonds. The summed E-state index contributed by atoms with van der Waals surface area (Å²) in [5.41, 5.74) is 0.320. The number of aromatic nitrogens is 1. The number of para-hydroxylation sites is 1. The highest BCUT2D eigenvalue weighted by Gasteiger charge is 2.12. The second-order valence-electron chi connectivity index (χ2n) is 3.41. The van der Waals surface area contributed by atoms with Gasteiger partial charge in [-0.05, 0) is 56.1 Å². The summed E-state index contributed by atoms with van der Waals surface area (Å²) < 4.78 is 14.8. The van der Waals surface area contributed by atoms with E-state index in [1.807, 2.05) is 0 Å². The van der Waals surface area contributed by atoms with Crippen molar-refractivity contribution in [3.05, 3.63) is 57.0 Å². The molecule has 0 saturated heterocycles. The van der Waals surface area contributed by atoms with E-state index >= 15 is 0 Å². The highest BCUT2D eigenvalue weighted by atomic mass is 79.9. The van der Waals surface area contributed by atoms with E-state index in [4.69, 9.17) is 0 Å². The van der Waals surface area contributed by atoms with Crippen molar-refractivity contribution in [2.75, 3.05) is 5.32 Å². The summed E-state index contributed by atoms with van der Waals surface area (Å²) in [5, 5.41) is 2.48. The van der Waals surface area contributed by atoms with Crippen LogP contribution in [0, 0.1) is 5.82 Å². The maximum absolute atomic E-state index is 13.5. The van der Waals surface area contributed by atoms with E-state index in [2.05, 4.69) is 42.2 Å². The Kier molecular flexibility index (Phi) is 4.08. The third-order valence-electron chi connectivity index (χ3n) is 2.16. The van der Waals surface area contributed by atoms with Crippen LogP contribution in [0.2, 0.25) is 0 Å². The summed E-state index contributed by atoms with van der Waals surface area (Å²) >= 11 is 6.40. The van der Waals surface area contributed by atoms with Gasteiger partial charge in [0.25, 0.3) is 5.91 Å². The Bertz CT molecular complexity index is 567. The molecule has 0 radical (unpaired) electrons. The smallest absolute Gasteiger partial charge is 0.274 e. The molecule has 2 rings (SSSR count). The minimum atomic E-state index is -0.505. The van der Waals surface area contributed by atoms with Crippen LogP contribution in [0.25, 0.3) is 0 Å².